The Morgan fingerprint density at radius 3 is 1.59 bits per heavy atom. The number of unbranched alkanes of at least 4 members (excludes halogenated alkanes) is 2. The maximum Gasteiger partial charge on any atom is -0.0161 e. The Balaban J connectivity index is -0.000000225. The number of terminal acetylenes is 1. The van der Waals surface area contributed by atoms with Crippen molar-refractivity contribution in [2.45, 2.75) is 109 Å². The lowest BCUT2D eigenvalue weighted by molar-refractivity contribution is 0.680. The molecule has 0 saturated heterocycles. The Morgan fingerprint density at radius 2 is 1.27 bits per heavy atom. The van der Waals surface area contributed by atoms with Gasteiger partial charge in [0.2, 0.25) is 0 Å². The van der Waals surface area contributed by atoms with Crippen LogP contribution in [0.5, 0.6) is 0 Å². The van der Waals surface area contributed by atoms with Crippen LogP contribution in [0.2, 0.25) is 0 Å². The molecule has 228 valence electrons. The molecule has 0 aliphatic heterocycles. The van der Waals surface area contributed by atoms with E-state index in [-0.39, 0.29) is 0 Å². The van der Waals surface area contributed by atoms with Gasteiger partial charge in [-0.05, 0) is 83.1 Å². The summed E-state index contributed by atoms with van der Waals surface area (Å²) >= 11 is 0. The molecule has 41 heavy (non-hydrogen) atoms. The Bertz CT molecular complexity index is 998. The lowest BCUT2D eigenvalue weighted by atomic mass is 9.96. The number of rotatable bonds is 8. The van der Waals surface area contributed by atoms with Crippen molar-refractivity contribution in [3.63, 3.8) is 0 Å². The van der Waals surface area contributed by atoms with Gasteiger partial charge in [-0.3, -0.25) is 0 Å². The van der Waals surface area contributed by atoms with Crippen molar-refractivity contribution in [3.8, 4) is 12.8 Å². The first-order valence-corrected chi connectivity index (χ1v) is 15.1. The SMILES string of the molecule is C#C.C=C(C)C(C)Cc1ccccc1.C=C(C=C(C)C)c1ccccc1C.C=CC(C)=C(C)C.CC.CCCCC. The minimum Gasteiger partial charge on any atom is -0.124 e. The predicted octanol–water partition coefficient (Wildman–Crippen LogP) is 13.4. The van der Waals surface area contributed by atoms with Crippen molar-refractivity contribution >= 4 is 5.57 Å². The molecule has 0 bridgehead atoms. The highest BCUT2D eigenvalue weighted by Crippen LogP contribution is 2.19. The third-order valence-electron chi connectivity index (χ3n) is 5.98. The van der Waals surface area contributed by atoms with Crippen molar-refractivity contribution < 1.29 is 0 Å². The molecule has 2 aromatic rings. The fourth-order valence-corrected chi connectivity index (χ4v) is 3.06. The number of hydrogen-bond acceptors (Lipinski definition) is 0. The average molecular weight is 557 g/mol. The van der Waals surface area contributed by atoms with Gasteiger partial charge in [0, 0.05) is 0 Å². The third kappa shape index (κ3) is 28.0. The van der Waals surface area contributed by atoms with E-state index in [1.165, 1.54) is 58.2 Å². The summed E-state index contributed by atoms with van der Waals surface area (Å²) < 4.78 is 0. The van der Waals surface area contributed by atoms with Crippen molar-refractivity contribution in [2.24, 2.45) is 5.92 Å². The highest BCUT2D eigenvalue weighted by atomic mass is 14.1. The van der Waals surface area contributed by atoms with E-state index in [4.69, 9.17) is 0 Å². The largest absolute Gasteiger partial charge is 0.124 e. The molecule has 0 heteroatoms. The second kappa shape index (κ2) is 31.2. The van der Waals surface area contributed by atoms with Crippen LogP contribution in [0, 0.1) is 25.7 Å². The molecule has 0 radical (unpaired) electrons. The zero-order valence-corrected chi connectivity index (χ0v) is 29.0. The number of benzene rings is 2. The van der Waals surface area contributed by atoms with E-state index in [2.05, 4.69) is 156 Å². The first-order valence-electron chi connectivity index (χ1n) is 15.1. The molecule has 0 N–H and O–H groups in total. The van der Waals surface area contributed by atoms with Crippen LogP contribution in [-0.2, 0) is 6.42 Å². The van der Waals surface area contributed by atoms with Gasteiger partial charge in [-0.1, -0.05) is 163 Å². The maximum atomic E-state index is 4.05. The monoisotopic (exact) mass is 557 g/mol. The quantitative estimate of drug-likeness (QED) is 0.172. The van der Waals surface area contributed by atoms with Gasteiger partial charge >= 0.3 is 0 Å². The normalized spacial score (nSPS) is 9.22. The molecular weight excluding hydrogens is 492 g/mol. The summed E-state index contributed by atoms with van der Waals surface area (Å²) in [6, 6.07) is 18.9. The van der Waals surface area contributed by atoms with Crippen LogP contribution in [0.4, 0.5) is 0 Å². The Kier molecular flexibility index (Phi) is 34.1. The van der Waals surface area contributed by atoms with Crippen LogP contribution in [-0.4, -0.2) is 0 Å². The molecule has 0 fully saturated rings. The fourth-order valence-electron chi connectivity index (χ4n) is 3.06. The number of allylic oxidation sites excluding steroid dienone is 7. The van der Waals surface area contributed by atoms with E-state index < -0.39 is 0 Å². The summed E-state index contributed by atoms with van der Waals surface area (Å²) in [5.74, 6) is 0.590. The van der Waals surface area contributed by atoms with E-state index in [9.17, 15) is 0 Å². The molecule has 0 spiro atoms. The van der Waals surface area contributed by atoms with Crippen LogP contribution in [0.15, 0.2) is 109 Å². The molecule has 0 aromatic heterocycles. The summed E-state index contributed by atoms with van der Waals surface area (Å²) in [4.78, 5) is 0. The Hall–Kier alpha value is -3.30. The lowest BCUT2D eigenvalue weighted by Crippen LogP contribution is -1.99. The highest BCUT2D eigenvalue weighted by Gasteiger charge is 2.02. The zero-order valence-electron chi connectivity index (χ0n) is 29.0. The molecule has 1 unspecified atom stereocenters. The molecule has 0 heterocycles. The van der Waals surface area contributed by atoms with Crippen LogP contribution in [0.3, 0.4) is 0 Å². The van der Waals surface area contributed by atoms with Crippen molar-refractivity contribution in [2.75, 3.05) is 0 Å². The lowest BCUT2D eigenvalue weighted by Gasteiger charge is -2.10. The van der Waals surface area contributed by atoms with Gasteiger partial charge in [-0.25, -0.2) is 0 Å². The number of hydrogen-bond donors (Lipinski definition) is 0. The van der Waals surface area contributed by atoms with Crippen molar-refractivity contribution in [1.29, 1.82) is 0 Å². The van der Waals surface area contributed by atoms with Crippen molar-refractivity contribution in [1.82, 2.24) is 0 Å². The molecule has 0 nitrogen and oxygen atoms in total. The van der Waals surface area contributed by atoms with E-state index >= 15 is 0 Å². The summed E-state index contributed by atoms with van der Waals surface area (Å²) in [6.07, 6.45) is 17.2. The molecule has 0 aliphatic rings. The van der Waals surface area contributed by atoms with Gasteiger partial charge in [0.15, 0.2) is 0 Å². The van der Waals surface area contributed by atoms with E-state index in [0.29, 0.717) is 5.92 Å². The second-order valence-electron chi connectivity index (χ2n) is 10.2. The van der Waals surface area contributed by atoms with Crippen LogP contribution >= 0.6 is 0 Å². The van der Waals surface area contributed by atoms with Gasteiger partial charge in [0.05, 0.1) is 0 Å². The Labute approximate surface area is 258 Å². The highest BCUT2D eigenvalue weighted by molar-refractivity contribution is 5.74. The predicted molar refractivity (Wildman–Crippen MR) is 194 cm³/mol. The third-order valence-corrected chi connectivity index (χ3v) is 5.98. The minimum absolute atomic E-state index is 0.590. The average Bonchev–Trinajstić information content (AvgIpc) is 2.96. The minimum atomic E-state index is 0.590. The van der Waals surface area contributed by atoms with Gasteiger partial charge in [-0.15, -0.1) is 12.8 Å². The van der Waals surface area contributed by atoms with Crippen LogP contribution < -0.4 is 0 Å². The second-order valence-corrected chi connectivity index (χ2v) is 10.2. The number of aryl methyl sites for hydroxylation is 1. The van der Waals surface area contributed by atoms with Gasteiger partial charge in [-0.2, -0.15) is 0 Å². The summed E-state index contributed by atoms with van der Waals surface area (Å²) in [7, 11) is 0. The smallest absolute Gasteiger partial charge is 0.0161 e. The topological polar surface area (TPSA) is 0 Å². The molecule has 0 amide bonds. The first-order chi connectivity index (χ1) is 19.4. The van der Waals surface area contributed by atoms with E-state index in [0.717, 1.165) is 12.0 Å². The maximum absolute atomic E-state index is 4.05. The molecule has 1 atom stereocenters. The van der Waals surface area contributed by atoms with Crippen molar-refractivity contribution in [3.05, 3.63) is 125 Å². The standard InChI is InChI=1S/C13H16.C12H16.C7H12.C5H12.C2H6.C2H2/c1-10(2)9-12(4)13-8-6-5-7-11(13)3;1-10(2)11(3)9-12-7-5-4-6-8-12;1-5-7(4)6(2)3;1-3-5-4-2;2*1-2/h5-9H,4H2,1-3H3;4-8,11H,1,9H2,2-3H3;5H,1H2,2-4H3;3-5H2,1-2H3;1-2H3;1-2H. The summed E-state index contributed by atoms with van der Waals surface area (Å²) in [5.41, 5.74) is 10.2. The first kappa shape index (κ1) is 44.7. The van der Waals surface area contributed by atoms with Gasteiger partial charge in [0.25, 0.3) is 0 Å². The van der Waals surface area contributed by atoms with Crippen LogP contribution in [0.25, 0.3) is 5.57 Å². The fraction of sp³-hybridized carbons (Fsp3) is 0.415. The Morgan fingerprint density at radius 1 is 0.805 bits per heavy atom. The molecule has 0 saturated carbocycles. The van der Waals surface area contributed by atoms with Gasteiger partial charge in [0.1, 0.15) is 0 Å². The molecule has 0 aliphatic carbocycles. The molecule has 2 aromatic carbocycles. The van der Waals surface area contributed by atoms with Crippen LogP contribution in [0.1, 0.15) is 112 Å². The summed E-state index contributed by atoms with van der Waals surface area (Å²) in [5, 5.41) is 0. The van der Waals surface area contributed by atoms with E-state index in [1.54, 1.807) is 0 Å². The van der Waals surface area contributed by atoms with Gasteiger partial charge < -0.3 is 0 Å². The van der Waals surface area contributed by atoms with E-state index in [1.807, 2.05) is 26.0 Å². The molecular formula is C41H64. The molecule has 2 rings (SSSR count). The zero-order chi connectivity index (χ0) is 32.8. The summed E-state index contributed by atoms with van der Waals surface area (Å²) in [6.45, 7) is 36.9.